The van der Waals surface area contributed by atoms with Crippen molar-refractivity contribution in [3.05, 3.63) is 102 Å². The SMILES string of the molecule is CCN(c1cc2oc(-c3ccc(F)cc3)c(C(=O)NC)c2cc1-c1cccc(C(=O)NC2(c3ncccn3)COC2)c1)S(C)(=O)=O. The van der Waals surface area contributed by atoms with Gasteiger partial charge in [0.25, 0.3) is 11.8 Å². The third-order valence-electron chi connectivity index (χ3n) is 7.80. The van der Waals surface area contributed by atoms with Crippen LogP contribution in [0.3, 0.4) is 0 Å². The van der Waals surface area contributed by atoms with Crippen LogP contribution >= 0.6 is 0 Å². The van der Waals surface area contributed by atoms with E-state index in [-0.39, 0.29) is 36.7 Å². The van der Waals surface area contributed by atoms with Gasteiger partial charge in [-0.15, -0.1) is 0 Å². The third kappa shape index (κ3) is 5.59. The Morgan fingerprint density at radius 2 is 1.70 bits per heavy atom. The maximum absolute atomic E-state index is 13.7. The highest BCUT2D eigenvalue weighted by Crippen LogP contribution is 2.42. The average molecular weight is 644 g/mol. The second kappa shape index (κ2) is 12.0. The summed E-state index contributed by atoms with van der Waals surface area (Å²) in [5.74, 6) is -0.665. The van der Waals surface area contributed by atoms with Crippen LogP contribution in [0.4, 0.5) is 10.1 Å². The Morgan fingerprint density at radius 3 is 2.30 bits per heavy atom. The third-order valence-corrected chi connectivity index (χ3v) is 9.06. The van der Waals surface area contributed by atoms with Crippen LogP contribution < -0.4 is 14.9 Å². The maximum Gasteiger partial charge on any atom is 0.255 e. The smallest absolute Gasteiger partial charge is 0.255 e. The standard InChI is InChI=1S/C33H30FN5O6S/c1-4-39(46(3,42)43)26-17-27-25(28(31(41)35-2)29(45-27)20-9-11-23(34)12-10-20)16-24(26)21-7-5-8-22(15-21)30(40)38-33(18-44-19-33)32-36-13-6-14-37-32/h5-17H,4,18-19H2,1-3H3,(H,35,41)(H,38,40). The molecule has 0 saturated carbocycles. The Labute approximate surface area is 264 Å². The molecule has 2 N–H and O–H groups in total. The van der Waals surface area contributed by atoms with Gasteiger partial charge in [0.2, 0.25) is 10.0 Å². The van der Waals surface area contributed by atoms with Crippen molar-refractivity contribution in [2.24, 2.45) is 0 Å². The normalized spacial score (nSPS) is 14.0. The fourth-order valence-electron chi connectivity index (χ4n) is 5.54. The number of hydrogen-bond donors (Lipinski definition) is 2. The summed E-state index contributed by atoms with van der Waals surface area (Å²) in [4.78, 5) is 35.4. The lowest BCUT2D eigenvalue weighted by atomic mass is 9.94. The zero-order valence-corrected chi connectivity index (χ0v) is 26.0. The highest BCUT2D eigenvalue weighted by molar-refractivity contribution is 7.92. The van der Waals surface area contributed by atoms with Gasteiger partial charge in [-0.05, 0) is 61.0 Å². The van der Waals surface area contributed by atoms with Crippen molar-refractivity contribution in [3.63, 3.8) is 0 Å². The van der Waals surface area contributed by atoms with Gasteiger partial charge in [0.15, 0.2) is 5.82 Å². The molecule has 1 saturated heterocycles. The van der Waals surface area contributed by atoms with E-state index in [1.807, 2.05) is 0 Å². The topological polar surface area (TPSA) is 144 Å². The first kappa shape index (κ1) is 30.9. The molecule has 11 nitrogen and oxygen atoms in total. The Bertz CT molecular complexity index is 2060. The van der Waals surface area contributed by atoms with E-state index in [4.69, 9.17) is 9.15 Å². The quantitative estimate of drug-likeness (QED) is 0.239. The fraction of sp³-hybridized carbons (Fsp3) is 0.212. The number of sulfonamides is 1. The number of amides is 2. The van der Waals surface area contributed by atoms with Gasteiger partial charge in [-0.1, -0.05) is 12.1 Å². The predicted octanol–water partition coefficient (Wildman–Crippen LogP) is 4.50. The predicted molar refractivity (Wildman–Crippen MR) is 170 cm³/mol. The number of aromatic nitrogens is 2. The highest BCUT2D eigenvalue weighted by atomic mass is 32.2. The Kier molecular flexibility index (Phi) is 8.04. The summed E-state index contributed by atoms with van der Waals surface area (Å²) in [6.45, 7) is 2.22. The summed E-state index contributed by atoms with van der Waals surface area (Å²) in [6, 6.07) is 17.2. The van der Waals surface area contributed by atoms with Gasteiger partial charge in [-0.2, -0.15) is 0 Å². The zero-order chi connectivity index (χ0) is 32.6. The monoisotopic (exact) mass is 643 g/mol. The number of halogens is 1. The molecule has 1 aliphatic heterocycles. The molecule has 0 atom stereocenters. The molecule has 0 spiro atoms. The van der Waals surface area contributed by atoms with Crippen molar-refractivity contribution in [3.8, 4) is 22.5 Å². The van der Waals surface area contributed by atoms with Crippen LogP contribution in [0.25, 0.3) is 33.4 Å². The highest BCUT2D eigenvalue weighted by Gasteiger charge is 2.44. The molecular weight excluding hydrogens is 613 g/mol. The van der Waals surface area contributed by atoms with Gasteiger partial charge in [-0.25, -0.2) is 22.8 Å². The van der Waals surface area contributed by atoms with Gasteiger partial charge in [0.05, 0.1) is 30.7 Å². The largest absolute Gasteiger partial charge is 0.455 e. The summed E-state index contributed by atoms with van der Waals surface area (Å²) in [5, 5.41) is 6.05. The van der Waals surface area contributed by atoms with E-state index in [2.05, 4.69) is 20.6 Å². The van der Waals surface area contributed by atoms with Crippen molar-refractivity contribution in [2.75, 3.05) is 37.4 Å². The molecular formula is C33H30FN5O6S. The molecule has 1 fully saturated rings. The number of carbonyl (C=O) groups excluding carboxylic acids is 2. The summed E-state index contributed by atoms with van der Waals surface area (Å²) < 4.78 is 52.5. The molecule has 0 unspecified atom stereocenters. The van der Waals surface area contributed by atoms with Gasteiger partial charge in [0.1, 0.15) is 22.7 Å². The number of ether oxygens (including phenoxy) is 1. The number of nitrogens with zero attached hydrogens (tertiary/aromatic N) is 3. The number of anilines is 1. The van der Waals surface area contributed by atoms with Crippen LogP contribution in [0.1, 0.15) is 33.5 Å². The van der Waals surface area contributed by atoms with Crippen LogP contribution in [-0.4, -0.2) is 63.3 Å². The van der Waals surface area contributed by atoms with Gasteiger partial charge in [0, 0.05) is 54.1 Å². The molecule has 5 aromatic rings. The van der Waals surface area contributed by atoms with Crippen molar-refractivity contribution >= 4 is 38.5 Å². The van der Waals surface area contributed by atoms with Crippen LogP contribution in [0.2, 0.25) is 0 Å². The first-order valence-corrected chi connectivity index (χ1v) is 16.2. The number of furan rings is 1. The summed E-state index contributed by atoms with van der Waals surface area (Å²) in [6.07, 6.45) is 4.29. The van der Waals surface area contributed by atoms with Gasteiger partial charge < -0.3 is 19.8 Å². The molecule has 0 aliphatic carbocycles. The molecule has 0 radical (unpaired) electrons. The lowest BCUT2D eigenvalue weighted by molar-refractivity contribution is -0.0777. The summed E-state index contributed by atoms with van der Waals surface area (Å²) in [5.41, 5.74) is 1.59. The second-order valence-corrected chi connectivity index (χ2v) is 12.8. The Hall–Kier alpha value is -5.14. The van der Waals surface area contributed by atoms with E-state index in [0.29, 0.717) is 39.2 Å². The minimum absolute atomic E-state index is 0.102. The lowest BCUT2D eigenvalue weighted by Gasteiger charge is -2.40. The summed E-state index contributed by atoms with van der Waals surface area (Å²) >= 11 is 0. The number of carbonyl (C=O) groups is 2. The van der Waals surface area contributed by atoms with Crippen molar-refractivity contribution in [2.45, 2.75) is 12.5 Å². The van der Waals surface area contributed by atoms with E-state index in [0.717, 1.165) is 6.26 Å². The van der Waals surface area contributed by atoms with Crippen LogP contribution in [0, 0.1) is 5.82 Å². The number of hydrogen-bond acceptors (Lipinski definition) is 8. The van der Waals surface area contributed by atoms with Crippen LogP contribution in [0.5, 0.6) is 0 Å². The molecule has 6 rings (SSSR count). The average Bonchev–Trinajstić information content (AvgIpc) is 3.41. The van der Waals surface area contributed by atoms with Crippen LogP contribution in [0.15, 0.2) is 83.5 Å². The van der Waals surface area contributed by atoms with Crippen molar-refractivity contribution < 1.29 is 31.6 Å². The molecule has 0 bridgehead atoms. The molecule has 2 aromatic heterocycles. The molecule has 3 aromatic carbocycles. The molecule has 46 heavy (non-hydrogen) atoms. The zero-order valence-electron chi connectivity index (χ0n) is 25.2. The van der Waals surface area contributed by atoms with Gasteiger partial charge >= 0.3 is 0 Å². The van der Waals surface area contributed by atoms with Crippen molar-refractivity contribution in [1.29, 1.82) is 0 Å². The molecule has 13 heteroatoms. The molecule has 2 amide bonds. The summed E-state index contributed by atoms with van der Waals surface area (Å²) in [7, 11) is -2.28. The lowest BCUT2D eigenvalue weighted by Crippen LogP contribution is -2.60. The maximum atomic E-state index is 13.7. The first-order valence-electron chi connectivity index (χ1n) is 14.4. The first-order chi connectivity index (χ1) is 22.0. The Morgan fingerprint density at radius 1 is 0.978 bits per heavy atom. The van der Waals surface area contributed by atoms with Crippen LogP contribution in [-0.2, 0) is 20.3 Å². The van der Waals surface area contributed by atoms with E-state index in [1.165, 1.54) is 35.6 Å². The van der Waals surface area contributed by atoms with Gasteiger partial charge in [-0.3, -0.25) is 13.9 Å². The molecule has 236 valence electrons. The molecule has 3 heterocycles. The molecule has 1 aliphatic rings. The minimum atomic E-state index is -3.76. The minimum Gasteiger partial charge on any atom is -0.455 e. The van der Waals surface area contributed by atoms with E-state index in [1.54, 1.807) is 61.8 Å². The van der Waals surface area contributed by atoms with E-state index < -0.39 is 33.2 Å². The van der Waals surface area contributed by atoms with E-state index >= 15 is 0 Å². The number of benzene rings is 3. The number of nitrogens with one attached hydrogen (secondary N) is 2. The number of rotatable bonds is 9. The second-order valence-electron chi connectivity index (χ2n) is 10.9. The fourth-order valence-corrected chi connectivity index (χ4v) is 6.51. The number of fused-ring (bicyclic) bond motifs is 1. The van der Waals surface area contributed by atoms with Crippen molar-refractivity contribution in [1.82, 2.24) is 20.6 Å². The van der Waals surface area contributed by atoms with E-state index in [9.17, 15) is 22.4 Å². The Balaban J connectivity index is 1.51.